The minimum Gasteiger partial charge on any atom is -0.497 e. The monoisotopic (exact) mass is 479 g/mol. The van der Waals surface area contributed by atoms with E-state index in [1.54, 1.807) is 86.0 Å². The Bertz CT molecular complexity index is 1240. The molecule has 0 spiro atoms. The summed E-state index contributed by atoms with van der Waals surface area (Å²) < 4.78 is 10.5. The zero-order valence-corrected chi connectivity index (χ0v) is 19.1. The average Bonchev–Trinajstić information content (AvgIpc) is 3.09. The molecule has 166 valence electrons. The number of amides is 2. The Morgan fingerprint density at radius 2 is 1.64 bits per heavy atom. The fraction of sp³-hybridized carbons (Fsp3) is 0.0800. The fourth-order valence-corrected chi connectivity index (χ4v) is 4.14. The molecule has 1 fully saturated rings. The molecular formula is C25H18ClNO5S. The minimum absolute atomic E-state index is 0.113. The van der Waals surface area contributed by atoms with Gasteiger partial charge in [-0.2, -0.15) is 0 Å². The maximum absolute atomic E-state index is 12.7. The van der Waals surface area contributed by atoms with E-state index in [1.807, 2.05) is 0 Å². The number of rotatable bonds is 6. The quantitative estimate of drug-likeness (QED) is 0.252. The molecule has 6 nitrogen and oxygen atoms in total. The number of hydrogen-bond donors (Lipinski definition) is 0. The zero-order chi connectivity index (χ0) is 23.4. The van der Waals surface area contributed by atoms with Gasteiger partial charge >= 0.3 is 5.97 Å². The molecule has 33 heavy (non-hydrogen) atoms. The van der Waals surface area contributed by atoms with Crippen molar-refractivity contribution in [2.45, 2.75) is 6.54 Å². The molecule has 0 atom stereocenters. The average molecular weight is 480 g/mol. The smallest absolute Gasteiger partial charge is 0.343 e. The van der Waals surface area contributed by atoms with E-state index in [2.05, 4.69) is 0 Å². The van der Waals surface area contributed by atoms with Crippen LogP contribution >= 0.6 is 23.4 Å². The van der Waals surface area contributed by atoms with Crippen LogP contribution in [0.5, 0.6) is 11.5 Å². The molecule has 8 heteroatoms. The Hall–Kier alpha value is -3.55. The summed E-state index contributed by atoms with van der Waals surface area (Å²) in [6.45, 7) is 0.113. The lowest BCUT2D eigenvalue weighted by molar-refractivity contribution is -0.123. The lowest BCUT2D eigenvalue weighted by Gasteiger charge is -2.13. The third-order valence-electron chi connectivity index (χ3n) is 4.87. The van der Waals surface area contributed by atoms with Gasteiger partial charge in [-0.05, 0) is 71.4 Å². The molecule has 0 aromatic heterocycles. The highest BCUT2D eigenvalue weighted by atomic mass is 35.5. The Morgan fingerprint density at radius 1 is 0.970 bits per heavy atom. The van der Waals surface area contributed by atoms with E-state index in [4.69, 9.17) is 21.1 Å². The Balaban J connectivity index is 1.43. The summed E-state index contributed by atoms with van der Waals surface area (Å²) in [6.07, 6.45) is 1.63. The van der Waals surface area contributed by atoms with Crippen molar-refractivity contribution in [1.82, 2.24) is 4.90 Å². The number of nitrogens with zero attached hydrogens (tertiary/aromatic N) is 1. The maximum atomic E-state index is 12.7. The molecule has 0 saturated carbocycles. The van der Waals surface area contributed by atoms with Crippen LogP contribution in [0.2, 0.25) is 5.02 Å². The van der Waals surface area contributed by atoms with Gasteiger partial charge in [0.05, 0.1) is 24.1 Å². The second kappa shape index (κ2) is 9.94. The largest absolute Gasteiger partial charge is 0.497 e. The number of imide groups is 1. The highest BCUT2D eigenvalue weighted by Crippen LogP contribution is 2.34. The summed E-state index contributed by atoms with van der Waals surface area (Å²) in [6, 6.07) is 20.4. The highest BCUT2D eigenvalue weighted by molar-refractivity contribution is 8.18. The summed E-state index contributed by atoms with van der Waals surface area (Å²) >= 11 is 7.03. The van der Waals surface area contributed by atoms with Gasteiger partial charge in [-0.25, -0.2) is 4.79 Å². The summed E-state index contributed by atoms with van der Waals surface area (Å²) in [5.41, 5.74) is 1.79. The van der Waals surface area contributed by atoms with Crippen LogP contribution in [0.4, 0.5) is 4.79 Å². The van der Waals surface area contributed by atoms with Gasteiger partial charge in [0.15, 0.2) is 0 Å². The summed E-state index contributed by atoms with van der Waals surface area (Å²) in [4.78, 5) is 38.9. The van der Waals surface area contributed by atoms with Crippen LogP contribution in [0.25, 0.3) is 6.08 Å². The van der Waals surface area contributed by atoms with Crippen molar-refractivity contribution in [1.29, 1.82) is 0 Å². The molecule has 1 aliphatic rings. The van der Waals surface area contributed by atoms with Crippen molar-refractivity contribution in [2.24, 2.45) is 0 Å². The van der Waals surface area contributed by atoms with Crippen molar-refractivity contribution in [3.8, 4) is 11.5 Å². The first-order chi connectivity index (χ1) is 15.9. The van der Waals surface area contributed by atoms with Gasteiger partial charge in [-0.15, -0.1) is 0 Å². The third kappa shape index (κ3) is 5.27. The van der Waals surface area contributed by atoms with Crippen LogP contribution in [0.15, 0.2) is 77.7 Å². The number of thioether (sulfide) groups is 1. The predicted octanol–water partition coefficient (Wildman–Crippen LogP) is 5.80. The molecule has 3 aromatic rings. The molecule has 2 amide bonds. The first-order valence-electron chi connectivity index (χ1n) is 9.89. The minimum atomic E-state index is -0.494. The number of esters is 1. The van der Waals surface area contributed by atoms with Crippen LogP contribution in [-0.2, 0) is 11.3 Å². The Morgan fingerprint density at radius 3 is 2.30 bits per heavy atom. The molecule has 1 saturated heterocycles. The van der Waals surface area contributed by atoms with Crippen molar-refractivity contribution >= 4 is 46.6 Å². The molecule has 0 radical (unpaired) electrons. The van der Waals surface area contributed by atoms with Crippen LogP contribution in [0, 0.1) is 0 Å². The number of benzene rings is 3. The van der Waals surface area contributed by atoms with E-state index >= 15 is 0 Å². The van der Waals surface area contributed by atoms with E-state index in [-0.39, 0.29) is 17.7 Å². The molecule has 0 bridgehead atoms. The van der Waals surface area contributed by atoms with Gasteiger partial charge in [-0.1, -0.05) is 41.9 Å². The first-order valence-corrected chi connectivity index (χ1v) is 11.1. The maximum Gasteiger partial charge on any atom is 0.343 e. The summed E-state index contributed by atoms with van der Waals surface area (Å²) in [7, 11) is 1.55. The number of halogens is 1. The van der Waals surface area contributed by atoms with Crippen molar-refractivity contribution < 1.29 is 23.9 Å². The van der Waals surface area contributed by atoms with Gasteiger partial charge in [-0.3, -0.25) is 14.5 Å². The van der Waals surface area contributed by atoms with E-state index in [0.29, 0.717) is 38.1 Å². The van der Waals surface area contributed by atoms with Crippen molar-refractivity contribution in [2.75, 3.05) is 7.11 Å². The number of hydrogen-bond acceptors (Lipinski definition) is 6. The first kappa shape index (κ1) is 22.6. The molecule has 1 aliphatic heterocycles. The molecule has 4 rings (SSSR count). The molecule has 0 N–H and O–H groups in total. The summed E-state index contributed by atoms with van der Waals surface area (Å²) in [5, 5.41) is 0.150. The van der Waals surface area contributed by atoms with Crippen LogP contribution in [0.1, 0.15) is 21.5 Å². The summed E-state index contributed by atoms with van der Waals surface area (Å²) in [5.74, 6) is 0.137. The van der Waals surface area contributed by atoms with Gasteiger partial charge < -0.3 is 9.47 Å². The highest BCUT2D eigenvalue weighted by Gasteiger charge is 2.35. The lowest BCUT2D eigenvalue weighted by atomic mass is 10.2. The lowest BCUT2D eigenvalue weighted by Crippen LogP contribution is -2.27. The van der Waals surface area contributed by atoms with Crippen molar-refractivity contribution in [3.05, 3.63) is 99.4 Å². The second-order valence-electron chi connectivity index (χ2n) is 7.05. The number of ether oxygens (including phenoxy) is 2. The molecule has 1 heterocycles. The van der Waals surface area contributed by atoms with Gasteiger partial charge in [0, 0.05) is 5.02 Å². The SMILES string of the molecule is COc1ccc(C(=O)Oc2ccc(/C=C3\SC(=O)N(Cc4ccccc4Cl)C3=O)cc2)cc1. The van der Waals surface area contributed by atoms with E-state index in [0.717, 1.165) is 11.8 Å². The standard InChI is InChI=1S/C25H18ClNO5S/c1-31-19-12-8-17(9-13-19)24(29)32-20-10-6-16(7-11-20)14-22-23(28)27(25(30)33-22)15-18-4-2-3-5-21(18)26/h2-14H,15H2,1H3/b22-14-. The van der Waals surface area contributed by atoms with Gasteiger partial charge in [0.1, 0.15) is 11.5 Å². The predicted molar refractivity (Wildman–Crippen MR) is 127 cm³/mol. The molecule has 3 aromatic carbocycles. The van der Waals surface area contributed by atoms with Crippen LogP contribution < -0.4 is 9.47 Å². The van der Waals surface area contributed by atoms with Gasteiger partial charge in [0.2, 0.25) is 0 Å². The normalized spacial score (nSPS) is 14.6. The van der Waals surface area contributed by atoms with Crippen LogP contribution in [-0.4, -0.2) is 29.1 Å². The zero-order valence-electron chi connectivity index (χ0n) is 17.5. The van der Waals surface area contributed by atoms with E-state index < -0.39 is 5.97 Å². The topological polar surface area (TPSA) is 72.9 Å². The fourth-order valence-electron chi connectivity index (χ4n) is 3.11. The van der Waals surface area contributed by atoms with Gasteiger partial charge in [0.25, 0.3) is 11.1 Å². The second-order valence-corrected chi connectivity index (χ2v) is 8.45. The van der Waals surface area contributed by atoms with E-state index in [1.165, 1.54) is 4.90 Å². The number of carbonyl (C=O) groups is 3. The molecular weight excluding hydrogens is 462 g/mol. The Kier molecular flexibility index (Phi) is 6.82. The van der Waals surface area contributed by atoms with Crippen LogP contribution in [0.3, 0.4) is 0 Å². The number of methoxy groups -OCH3 is 1. The van der Waals surface area contributed by atoms with E-state index in [9.17, 15) is 14.4 Å². The molecule has 0 unspecified atom stereocenters. The Labute approximate surface area is 199 Å². The molecule has 0 aliphatic carbocycles. The third-order valence-corrected chi connectivity index (χ3v) is 6.15. The number of carbonyl (C=O) groups excluding carboxylic acids is 3. The van der Waals surface area contributed by atoms with Crippen molar-refractivity contribution in [3.63, 3.8) is 0 Å².